The van der Waals surface area contributed by atoms with E-state index < -0.39 is 0 Å². The first-order chi connectivity index (χ1) is 11.3. The first-order valence-corrected chi connectivity index (χ1v) is 8.01. The number of ether oxygens (including phenoxy) is 1. The van der Waals surface area contributed by atoms with Crippen molar-refractivity contribution in [2.24, 2.45) is 0 Å². The monoisotopic (exact) mass is 308 g/mol. The molecule has 2 aromatic carbocycles. The van der Waals surface area contributed by atoms with Crippen molar-refractivity contribution in [1.29, 1.82) is 0 Å². The lowest BCUT2D eigenvalue weighted by molar-refractivity contribution is 0.0500. The zero-order chi connectivity index (χ0) is 16.1. The number of para-hydroxylation sites is 1. The van der Waals surface area contributed by atoms with E-state index in [2.05, 4.69) is 16.9 Å². The molecule has 0 saturated carbocycles. The van der Waals surface area contributed by atoms with E-state index in [9.17, 15) is 4.79 Å². The van der Waals surface area contributed by atoms with Gasteiger partial charge in [0.1, 0.15) is 11.3 Å². The summed E-state index contributed by atoms with van der Waals surface area (Å²) in [6.45, 7) is 2.58. The zero-order valence-corrected chi connectivity index (χ0v) is 13.2. The van der Waals surface area contributed by atoms with Crippen LogP contribution in [0.15, 0.2) is 48.5 Å². The maximum Gasteiger partial charge on any atom is 0.340 e. The van der Waals surface area contributed by atoms with Crippen LogP contribution in [0.3, 0.4) is 0 Å². The van der Waals surface area contributed by atoms with Gasteiger partial charge in [-0.25, -0.2) is 9.78 Å². The summed E-state index contributed by atoms with van der Waals surface area (Å²) >= 11 is 0. The highest BCUT2D eigenvalue weighted by atomic mass is 16.5. The van der Waals surface area contributed by atoms with Crippen LogP contribution in [0.1, 0.15) is 36.5 Å². The van der Waals surface area contributed by atoms with Gasteiger partial charge >= 0.3 is 5.97 Å². The molecule has 0 aliphatic carbocycles. The van der Waals surface area contributed by atoms with Gasteiger partial charge in [-0.1, -0.05) is 56.2 Å². The smallest absolute Gasteiger partial charge is 0.340 e. The molecule has 118 valence electrons. The molecule has 0 atom stereocenters. The molecule has 3 aromatic rings. The molecule has 0 spiro atoms. The minimum atomic E-state index is -0.308. The molecule has 4 nitrogen and oxygen atoms in total. The Kier molecular flexibility index (Phi) is 4.71. The Morgan fingerprint density at radius 3 is 2.70 bits per heavy atom. The number of rotatable bonds is 6. The van der Waals surface area contributed by atoms with Crippen molar-refractivity contribution < 1.29 is 9.53 Å². The van der Waals surface area contributed by atoms with Gasteiger partial charge in [-0.15, -0.1) is 0 Å². The van der Waals surface area contributed by atoms with Gasteiger partial charge < -0.3 is 9.72 Å². The van der Waals surface area contributed by atoms with E-state index in [0.29, 0.717) is 17.7 Å². The molecule has 1 aromatic heterocycles. The normalized spacial score (nSPS) is 10.8. The van der Waals surface area contributed by atoms with Crippen molar-refractivity contribution in [3.05, 3.63) is 54.1 Å². The van der Waals surface area contributed by atoms with Crippen LogP contribution < -0.4 is 0 Å². The summed E-state index contributed by atoms with van der Waals surface area (Å²) in [6, 6.07) is 15.4. The topological polar surface area (TPSA) is 55.0 Å². The van der Waals surface area contributed by atoms with E-state index in [4.69, 9.17) is 4.74 Å². The molecule has 0 unspecified atom stereocenters. The summed E-state index contributed by atoms with van der Waals surface area (Å²) in [5.74, 6) is 0.449. The molecule has 23 heavy (non-hydrogen) atoms. The van der Waals surface area contributed by atoms with Crippen LogP contribution in [0, 0.1) is 0 Å². The Balaban J connectivity index is 1.87. The third-order valence-corrected chi connectivity index (χ3v) is 3.76. The van der Waals surface area contributed by atoms with Gasteiger partial charge in [0.2, 0.25) is 0 Å². The molecule has 0 aliphatic heterocycles. The van der Waals surface area contributed by atoms with E-state index in [1.807, 2.05) is 42.5 Å². The van der Waals surface area contributed by atoms with Gasteiger partial charge in [0, 0.05) is 5.56 Å². The van der Waals surface area contributed by atoms with Crippen LogP contribution >= 0.6 is 0 Å². The maximum atomic E-state index is 12.3. The number of nitrogens with one attached hydrogen (secondary N) is 1. The first-order valence-electron chi connectivity index (χ1n) is 8.01. The molecule has 1 heterocycles. The van der Waals surface area contributed by atoms with E-state index in [1.165, 1.54) is 0 Å². The predicted molar refractivity (Wildman–Crippen MR) is 91.3 cm³/mol. The standard InChI is InChI=1S/C19H20N2O2/c1-2-3-7-13-23-19(22)15-11-8-12-16-17(15)21-18(20-16)14-9-5-4-6-10-14/h4-6,8-12H,2-3,7,13H2,1H3,(H,20,21). The number of nitrogens with zero attached hydrogens (tertiary/aromatic N) is 1. The molecular formula is C19H20N2O2. The number of aromatic nitrogens is 2. The van der Waals surface area contributed by atoms with Crippen molar-refractivity contribution in [1.82, 2.24) is 9.97 Å². The number of esters is 1. The Morgan fingerprint density at radius 1 is 1.09 bits per heavy atom. The highest BCUT2D eigenvalue weighted by molar-refractivity contribution is 6.02. The number of aromatic amines is 1. The molecule has 0 fully saturated rings. The van der Waals surface area contributed by atoms with E-state index in [-0.39, 0.29) is 5.97 Å². The number of H-pyrrole nitrogens is 1. The molecule has 0 amide bonds. The number of benzene rings is 2. The largest absolute Gasteiger partial charge is 0.462 e. The maximum absolute atomic E-state index is 12.3. The van der Waals surface area contributed by atoms with Crippen molar-refractivity contribution >= 4 is 17.0 Å². The van der Waals surface area contributed by atoms with Crippen LogP contribution in [0.4, 0.5) is 0 Å². The summed E-state index contributed by atoms with van der Waals surface area (Å²) in [5, 5.41) is 0. The number of unbranched alkanes of at least 4 members (excludes halogenated alkanes) is 2. The van der Waals surface area contributed by atoms with Gasteiger partial charge in [0.05, 0.1) is 17.7 Å². The van der Waals surface area contributed by atoms with Crippen molar-refractivity contribution in [3.63, 3.8) is 0 Å². The summed E-state index contributed by atoms with van der Waals surface area (Å²) in [4.78, 5) is 20.1. The molecule has 0 bridgehead atoms. The van der Waals surface area contributed by atoms with E-state index >= 15 is 0 Å². The predicted octanol–water partition coefficient (Wildman–Crippen LogP) is 4.58. The summed E-state index contributed by atoms with van der Waals surface area (Å²) in [6.07, 6.45) is 3.07. The second-order valence-corrected chi connectivity index (χ2v) is 5.50. The number of hydrogen-bond acceptors (Lipinski definition) is 3. The van der Waals surface area contributed by atoms with Crippen molar-refractivity contribution in [2.45, 2.75) is 26.2 Å². The lowest BCUT2D eigenvalue weighted by Crippen LogP contribution is -2.07. The number of hydrogen-bond donors (Lipinski definition) is 1. The van der Waals surface area contributed by atoms with Gasteiger partial charge in [-0.05, 0) is 18.6 Å². The highest BCUT2D eigenvalue weighted by Gasteiger charge is 2.15. The van der Waals surface area contributed by atoms with Gasteiger partial charge in [0.15, 0.2) is 0 Å². The zero-order valence-electron chi connectivity index (χ0n) is 13.2. The minimum absolute atomic E-state index is 0.308. The van der Waals surface area contributed by atoms with Gasteiger partial charge in [-0.3, -0.25) is 0 Å². The average Bonchev–Trinajstić information content (AvgIpc) is 3.03. The SMILES string of the molecule is CCCCCOC(=O)c1cccc2[nH]c(-c3ccccc3)nc12. The van der Waals surface area contributed by atoms with Crippen LogP contribution in [0.5, 0.6) is 0 Å². The molecule has 0 saturated heterocycles. The molecular weight excluding hydrogens is 288 g/mol. The van der Waals surface area contributed by atoms with Crippen LogP contribution in [-0.2, 0) is 4.74 Å². The quantitative estimate of drug-likeness (QED) is 0.536. The number of fused-ring (bicyclic) bond motifs is 1. The van der Waals surface area contributed by atoms with Crippen LogP contribution in [0.25, 0.3) is 22.4 Å². The second-order valence-electron chi connectivity index (χ2n) is 5.50. The molecule has 1 N–H and O–H groups in total. The van der Waals surface area contributed by atoms with Crippen molar-refractivity contribution in [2.75, 3.05) is 6.61 Å². The minimum Gasteiger partial charge on any atom is -0.462 e. The Labute approximate surface area is 135 Å². The number of imidazole rings is 1. The fourth-order valence-electron chi connectivity index (χ4n) is 2.52. The van der Waals surface area contributed by atoms with Crippen molar-refractivity contribution in [3.8, 4) is 11.4 Å². The Bertz CT molecular complexity index is 793. The van der Waals surface area contributed by atoms with E-state index in [1.54, 1.807) is 6.07 Å². The number of carbonyl (C=O) groups excluding carboxylic acids is 1. The summed E-state index contributed by atoms with van der Waals surface area (Å²) in [5.41, 5.74) is 3.00. The lowest BCUT2D eigenvalue weighted by Gasteiger charge is -2.04. The fourth-order valence-corrected chi connectivity index (χ4v) is 2.52. The summed E-state index contributed by atoms with van der Waals surface area (Å²) < 4.78 is 5.36. The average molecular weight is 308 g/mol. The van der Waals surface area contributed by atoms with Crippen LogP contribution in [0.2, 0.25) is 0 Å². The summed E-state index contributed by atoms with van der Waals surface area (Å²) in [7, 11) is 0. The molecule has 0 aliphatic rings. The molecule has 3 rings (SSSR count). The Morgan fingerprint density at radius 2 is 1.91 bits per heavy atom. The highest BCUT2D eigenvalue weighted by Crippen LogP contribution is 2.23. The van der Waals surface area contributed by atoms with E-state index in [0.717, 1.165) is 36.2 Å². The molecule has 4 heteroatoms. The second kappa shape index (κ2) is 7.09. The van der Waals surface area contributed by atoms with Gasteiger partial charge in [-0.2, -0.15) is 0 Å². The first kappa shape index (κ1) is 15.3. The lowest BCUT2D eigenvalue weighted by atomic mass is 10.2. The number of carbonyl (C=O) groups is 1. The third-order valence-electron chi connectivity index (χ3n) is 3.76. The fraction of sp³-hybridized carbons (Fsp3) is 0.263. The van der Waals surface area contributed by atoms with Crippen LogP contribution in [-0.4, -0.2) is 22.5 Å². The molecule has 0 radical (unpaired) electrons. The van der Waals surface area contributed by atoms with Gasteiger partial charge in [0.25, 0.3) is 0 Å². The Hall–Kier alpha value is -2.62. The third kappa shape index (κ3) is 3.42.